The fourth-order valence-electron chi connectivity index (χ4n) is 3.24. The number of rotatable bonds is 1. The molecule has 0 fully saturated rings. The van der Waals surface area contributed by atoms with Crippen molar-refractivity contribution in [3.8, 4) is 0 Å². The van der Waals surface area contributed by atoms with Gasteiger partial charge in [0.2, 0.25) is 0 Å². The molecule has 0 radical (unpaired) electrons. The van der Waals surface area contributed by atoms with Crippen molar-refractivity contribution in [2.45, 2.75) is 13.3 Å². The van der Waals surface area contributed by atoms with Crippen LogP contribution in [0.1, 0.15) is 14.4 Å². The minimum absolute atomic E-state index is 0.205. The Balaban J connectivity index is 1.77. The Labute approximate surface area is 145 Å². The summed E-state index contributed by atoms with van der Waals surface area (Å²) >= 11 is 0.335. The maximum absolute atomic E-state index is 2.47. The molecule has 0 bridgehead atoms. The first-order chi connectivity index (χ1) is 10.8. The predicted octanol–water partition coefficient (Wildman–Crippen LogP) is 4.91. The Morgan fingerprint density at radius 1 is 0.909 bits per heavy atom. The van der Waals surface area contributed by atoms with E-state index >= 15 is 0 Å². The number of fused-ring (bicyclic) bond motifs is 3. The third-order valence-electron chi connectivity index (χ3n) is 4.32. The monoisotopic (exact) mass is 464 g/mol. The summed E-state index contributed by atoms with van der Waals surface area (Å²) in [7, 11) is 0. The molecule has 1 aliphatic rings. The molecule has 2 heteroatoms. The standard InChI is InChI=1S/C20H14SeTe/c1-12-6-16-7-15-10-20-17(8-14(15)9-18(16)21-12)11-19(22-20)13-4-2-3-5-13/h2-4,6-11H,5H2,1H3. The quantitative estimate of drug-likeness (QED) is 0.354. The van der Waals surface area contributed by atoms with Gasteiger partial charge in [-0.25, -0.2) is 0 Å². The van der Waals surface area contributed by atoms with Crippen LogP contribution in [0.4, 0.5) is 0 Å². The van der Waals surface area contributed by atoms with Gasteiger partial charge in [-0.1, -0.05) is 0 Å². The van der Waals surface area contributed by atoms with Gasteiger partial charge in [0, 0.05) is 0 Å². The summed E-state index contributed by atoms with van der Waals surface area (Å²) in [6.07, 6.45) is 7.89. The summed E-state index contributed by atoms with van der Waals surface area (Å²) in [6, 6.07) is 14.6. The second-order valence-electron chi connectivity index (χ2n) is 5.92. The third-order valence-corrected chi connectivity index (χ3v) is 9.80. The van der Waals surface area contributed by atoms with E-state index in [2.05, 4.69) is 61.5 Å². The fourth-order valence-corrected chi connectivity index (χ4v) is 8.46. The Bertz CT molecular complexity index is 1030. The van der Waals surface area contributed by atoms with Gasteiger partial charge in [-0.15, -0.1) is 0 Å². The van der Waals surface area contributed by atoms with Crippen molar-refractivity contribution < 1.29 is 0 Å². The number of aryl methyl sites for hydroxylation is 1. The van der Waals surface area contributed by atoms with E-state index in [0.717, 1.165) is 6.42 Å². The molecule has 0 nitrogen and oxygen atoms in total. The zero-order chi connectivity index (χ0) is 14.7. The second kappa shape index (κ2) is 4.98. The van der Waals surface area contributed by atoms with E-state index in [1.54, 1.807) is 21.3 Å². The van der Waals surface area contributed by atoms with Crippen LogP contribution in [0.15, 0.2) is 54.6 Å². The molecule has 0 atom stereocenters. The van der Waals surface area contributed by atoms with Crippen LogP contribution in [0.25, 0.3) is 34.8 Å². The molecule has 0 aliphatic heterocycles. The van der Waals surface area contributed by atoms with E-state index in [1.165, 1.54) is 21.5 Å². The van der Waals surface area contributed by atoms with Crippen LogP contribution in [0.2, 0.25) is 0 Å². The van der Waals surface area contributed by atoms with E-state index < -0.39 is 0 Å². The van der Waals surface area contributed by atoms with Crippen LogP contribution in [0.5, 0.6) is 0 Å². The van der Waals surface area contributed by atoms with Crippen LogP contribution in [0.3, 0.4) is 0 Å². The van der Waals surface area contributed by atoms with E-state index in [4.69, 9.17) is 0 Å². The van der Waals surface area contributed by atoms with Gasteiger partial charge in [-0.3, -0.25) is 0 Å². The SMILES string of the molecule is Cc1cc2cc3cc4[te]c(C5=CC=CC5)cc4cc3cc2[se]1. The Morgan fingerprint density at radius 3 is 2.64 bits per heavy atom. The molecule has 4 aromatic rings. The molecule has 22 heavy (non-hydrogen) atoms. The predicted molar refractivity (Wildman–Crippen MR) is 99.3 cm³/mol. The van der Waals surface area contributed by atoms with Crippen molar-refractivity contribution in [1.82, 2.24) is 0 Å². The molecular weight excluding hydrogens is 447 g/mol. The van der Waals surface area contributed by atoms with Gasteiger partial charge in [0.25, 0.3) is 0 Å². The normalized spacial score (nSPS) is 14.5. The second-order valence-corrected chi connectivity index (χ2v) is 11.7. The van der Waals surface area contributed by atoms with Crippen LogP contribution in [-0.2, 0) is 0 Å². The first kappa shape index (κ1) is 13.4. The van der Waals surface area contributed by atoms with Gasteiger partial charge < -0.3 is 0 Å². The zero-order valence-electron chi connectivity index (χ0n) is 12.2. The molecule has 0 N–H and O–H groups in total. The molecule has 2 aromatic carbocycles. The molecule has 0 amide bonds. The number of allylic oxidation sites excluding steroid dienone is 4. The van der Waals surface area contributed by atoms with Gasteiger partial charge in [0.05, 0.1) is 0 Å². The molecule has 0 saturated carbocycles. The van der Waals surface area contributed by atoms with Gasteiger partial charge in [0.15, 0.2) is 0 Å². The third kappa shape index (κ3) is 2.10. The fraction of sp³-hybridized carbons (Fsp3) is 0.100. The van der Waals surface area contributed by atoms with E-state index in [9.17, 15) is 0 Å². The van der Waals surface area contributed by atoms with Gasteiger partial charge >= 0.3 is 146 Å². The van der Waals surface area contributed by atoms with Crippen molar-refractivity contribution in [3.63, 3.8) is 0 Å². The molecular formula is C20H14SeTe. The Morgan fingerprint density at radius 2 is 1.77 bits per heavy atom. The zero-order valence-corrected chi connectivity index (χ0v) is 16.3. The average molecular weight is 461 g/mol. The molecule has 1 aliphatic carbocycles. The summed E-state index contributed by atoms with van der Waals surface area (Å²) in [6.45, 7) is 2.26. The molecule has 0 unspecified atom stereocenters. The van der Waals surface area contributed by atoms with Crippen LogP contribution in [0, 0.1) is 6.92 Å². The van der Waals surface area contributed by atoms with Crippen molar-refractivity contribution in [2.75, 3.05) is 0 Å². The Kier molecular flexibility index (Phi) is 3.04. The first-order valence-corrected chi connectivity index (χ1v) is 11.5. The molecule has 2 heterocycles. The molecule has 5 rings (SSSR count). The number of benzene rings is 2. The number of hydrogen-bond donors (Lipinski definition) is 0. The van der Waals surface area contributed by atoms with E-state index in [1.807, 2.05) is 0 Å². The molecule has 2 aromatic heterocycles. The molecule has 0 spiro atoms. The summed E-state index contributed by atoms with van der Waals surface area (Å²) < 4.78 is 6.35. The maximum atomic E-state index is 2.47. The summed E-state index contributed by atoms with van der Waals surface area (Å²) in [5.41, 5.74) is 1.55. The van der Waals surface area contributed by atoms with Crippen LogP contribution in [-0.4, -0.2) is 34.9 Å². The molecule has 0 saturated heterocycles. The van der Waals surface area contributed by atoms with E-state index in [0.29, 0.717) is 14.5 Å². The van der Waals surface area contributed by atoms with Gasteiger partial charge in [-0.05, 0) is 0 Å². The van der Waals surface area contributed by atoms with Crippen LogP contribution < -0.4 is 0 Å². The van der Waals surface area contributed by atoms with Crippen LogP contribution >= 0.6 is 0 Å². The molecule has 106 valence electrons. The Hall–Kier alpha value is -1.03. The summed E-state index contributed by atoms with van der Waals surface area (Å²) in [5.74, 6) is 0. The average Bonchev–Trinajstić information content (AvgIpc) is 3.20. The van der Waals surface area contributed by atoms with E-state index in [-0.39, 0.29) is 20.4 Å². The van der Waals surface area contributed by atoms with Crippen molar-refractivity contribution in [1.29, 1.82) is 0 Å². The minimum atomic E-state index is -0.205. The number of hydrogen-bond acceptors (Lipinski definition) is 0. The summed E-state index contributed by atoms with van der Waals surface area (Å²) in [4.78, 5) is 0. The van der Waals surface area contributed by atoms with Crippen molar-refractivity contribution in [3.05, 3.63) is 62.6 Å². The van der Waals surface area contributed by atoms with Crippen molar-refractivity contribution in [2.24, 2.45) is 0 Å². The van der Waals surface area contributed by atoms with Gasteiger partial charge in [-0.2, -0.15) is 0 Å². The van der Waals surface area contributed by atoms with Crippen molar-refractivity contribution >= 4 is 69.7 Å². The first-order valence-electron chi connectivity index (χ1n) is 7.50. The summed E-state index contributed by atoms with van der Waals surface area (Å²) in [5, 5.41) is 5.79. The topological polar surface area (TPSA) is 0 Å². The van der Waals surface area contributed by atoms with Gasteiger partial charge in [0.1, 0.15) is 0 Å².